The van der Waals surface area contributed by atoms with Crippen LogP contribution >= 0.6 is 11.6 Å². The molecule has 6 nitrogen and oxygen atoms in total. The fraction of sp³-hybridized carbons (Fsp3) is 0.300. The molecule has 0 spiro atoms. The van der Waals surface area contributed by atoms with Gasteiger partial charge in [0.1, 0.15) is 11.4 Å². The summed E-state index contributed by atoms with van der Waals surface area (Å²) in [5.41, 5.74) is -1.10. The molecule has 0 bridgehead atoms. The molecule has 0 saturated heterocycles. The maximum atomic E-state index is 11.5. The SMILES string of the molecule is O=C(Nc1ccc(Cl)cn1)NC1(C(=O)O)CC1. The number of hydrogen-bond donors (Lipinski definition) is 3. The Bertz CT molecular complexity index is 456. The molecule has 1 fully saturated rings. The van der Waals surface area contributed by atoms with Crippen LogP contribution in [0.3, 0.4) is 0 Å². The molecule has 7 heteroatoms. The standard InChI is InChI=1S/C10H10ClN3O3/c11-6-1-2-7(12-5-6)13-9(17)14-10(3-4-10)8(15)16/h1-2,5H,3-4H2,(H,15,16)(H2,12,13,14,17). The zero-order valence-electron chi connectivity index (χ0n) is 8.74. The number of pyridine rings is 1. The lowest BCUT2D eigenvalue weighted by Gasteiger charge is -2.12. The summed E-state index contributed by atoms with van der Waals surface area (Å²) < 4.78 is 0. The molecule has 1 aliphatic carbocycles. The molecule has 90 valence electrons. The van der Waals surface area contributed by atoms with E-state index in [2.05, 4.69) is 15.6 Å². The number of carbonyl (C=O) groups excluding carboxylic acids is 1. The maximum Gasteiger partial charge on any atom is 0.329 e. The number of carboxylic acid groups (broad SMARTS) is 1. The minimum atomic E-state index is -1.10. The Balaban J connectivity index is 1.94. The number of aromatic nitrogens is 1. The fourth-order valence-corrected chi connectivity index (χ4v) is 1.44. The second kappa shape index (κ2) is 4.21. The van der Waals surface area contributed by atoms with Crippen LogP contribution in [0.1, 0.15) is 12.8 Å². The van der Waals surface area contributed by atoms with Crippen molar-refractivity contribution in [3.05, 3.63) is 23.4 Å². The number of hydrogen-bond acceptors (Lipinski definition) is 3. The summed E-state index contributed by atoms with van der Waals surface area (Å²) in [5.74, 6) is -0.704. The monoisotopic (exact) mass is 255 g/mol. The van der Waals surface area contributed by atoms with E-state index in [0.717, 1.165) is 0 Å². The van der Waals surface area contributed by atoms with Gasteiger partial charge >= 0.3 is 12.0 Å². The van der Waals surface area contributed by atoms with Crippen molar-refractivity contribution in [3.8, 4) is 0 Å². The number of aliphatic carboxylic acids is 1. The zero-order valence-corrected chi connectivity index (χ0v) is 9.49. The van der Waals surface area contributed by atoms with Crippen LogP contribution in [0.5, 0.6) is 0 Å². The number of amides is 2. The van der Waals surface area contributed by atoms with Crippen LogP contribution in [0.25, 0.3) is 0 Å². The van der Waals surface area contributed by atoms with Crippen LogP contribution in [0.15, 0.2) is 18.3 Å². The summed E-state index contributed by atoms with van der Waals surface area (Å²) in [6, 6.07) is 2.52. The molecule has 2 amide bonds. The second-order valence-corrected chi connectivity index (χ2v) is 4.26. The van der Waals surface area contributed by atoms with Gasteiger partial charge in [-0.1, -0.05) is 11.6 Å². The van der Waals surface area contributed by atoms with Crippen molar-refractivity contribution in [3.63, 3.8) is 0 Å². The molecule has 1 aromatic heterocycles. The van der Waals surface area contributed by atoms with Gasteiger partial charge in [-0.05, 0) is 25.0 Å². The smallest absolute Gasteiger partial charge is 0.329 e. The van der Waals surface area contributed by atoms with Crippen molar-refractivity contribution in [2.24, 2.45) is 0 Å². The number of halogens is 1. The van der Waals surface area contributed by atoms with E-state index in [9.17, 15) is 9.59 Å². The first-order valence-corrected chi connectivity index (χ1v) is 5.34. The number of urea groups is 1. The van der Waals surface area contributed by atoms with Gasteiger partial charge in [-0.25, -0.2) is 14.6 Å². The highest BCUT2D eigenvalue weighted by Crippen LogP contribution is 2.35. The minimum Gasteiger partial charge on any atom is -0.480 e. The summed E-state index contributed by atoms with van der Waals surface area (Å²) >= 11 is 5.64. The predicted octanol–water partition coefficient (Wildman–Crippen LogP) is 1.47. The number of carboxylic acids is 1. The molecule has 0 aliphatic heterocycles. The Labute approximate surface area is 102 Å². The van der Waals surface area contributed by atoms with Crippen LogP contribution in [-0.4, -0.2) is 27.6 Å². The molecular formula is C10H10ClN3O3. The third-order valence-electron chi connectivity index (χ3n) is 2.48. The highest BCUT2D eigenvalue weighted by molar-refractivity contribution is 6.30. The van der Waals surface area contributed by atoms with Crippen molar-refractivity contribution in [1.82, 2.24) is 10.3 Å². The Morgan fingerprint density at radius 3 is 2.59 bits per heavy atom. The first-order chi connectivity index (χ1) is 8.02. The average molecular weight is 256 g/mol. The van der Waals surface area contributed by atoms with E-state index in [-0.39, 0.29) is 0 Å². The Hall–Kier alpha value is -1.82. The molecule has 1 saturated carbocycles. The van der Waals surface area contributed by atoms with Crippen molar-refractivity contribution in [2.75, 3.05) is 5.32 Å². The summed E-state index contributed by atoms with van der Waals surface area (Å²) in [5, 5.41) is 14.2. The van der Waals surface area contributed by atoms with Gasteiger partial charge in [0, 0.05) is 6.20 Å². The van der Waals surface area contributed by atoms with Gasteiger partial charge in [-0.2, -0.15) is 0 Å². The van der Waals surface area contributed by atoms with E-state index < -0.39 is 17.5 Å². The topological polar surface area (TPSA) is 91.3 Å². The summed E-state index contributed by atoms with van der Waals surface area (Å²) in [6.45, 7) is 0. The Morgan fingerprint density at radius 2 is 2.12 bits per heavy atom. The maximum absolute atomic E-state index is 11.5. The molecule has 1 aliphatic rings. The second-order valence-electron chi connectivity index (χ2n) is 3.83. The first-order valence-electron chi connectivity index (χ1n) is 4.96. The van der Waals surface area contributed by atoms with Gasteiger partial charge in [0.2, 0.25) is 0 Å². The van der Waals surface area contributed by atoms with Gasteiger partial charge in [0.25, 0.3) is 0 Å². The highest BCUT2D eigenvalue weighted by Gasteiger charge is 2.51. The molecule has 0 atom stereocenters. The van der Waals surface area contributed by atoms with E-state index in [4.69, 9.17) is 16.7 Å². The summed E-state index contributed by atoms with van der Waals surface area (Å²) in [4.78, 5) is 26.2. The van der Waals surface area contributed by atoms with Gasteiger partial charge in [-0.15, -0.1) is 0 Å². The molecule has 0 radical (unpaired) electrons. The van der Waals surface area contributed by atoms with Crippen LogP contribution in [0, 0.1) is 0 Å². The van der Waals surface area contributed by atoms with Crippen molar-refractivity contribution in [1.29, 1.82) is 0 Å². The number of carbonyl (C=O) groups is 2. The van der Waals surface area contributed by atoms with Crippen molar-refractivity contribution >= 4 is 29.4 Å². The van der Waals surface area contributed by atoms with Crippen LogP contribution in [-0.2, 0) is 4.79 Å². The average Bonchev–Trinajstić information content (AvgIpc) is 3.02. The van der Waals surface area contributed by atoms with Gasteiger partial charge in [0.05, 0.1) is 5.02 Å². The summed E-state index contributed by atoms with van der Waals surface area (Å²) in [6.07, 6.45) is 2.29. The normalized spacial score (nSPS) is 16.1. The van der Waals surface area contributed by atoms with E-state index in [0.29, 0.717) is 23.7 Å². The molecule has 0 aromatic carbocycles. The van der Waals surface area contributed by atoms with Crippen molar-refractivity contribution in [2.45, 2.75) is 18.4 Å². The van der Waals surface area contributed by atoms with Crippen LogP contribution < -0.4 is 10.6 Å². The van der Waals surface area contributed by atoms with Crippen LogP contribution in [0.2, 0.25) is 5.02 Å². The first kappa shape index (κ1) is 11.7. The summed E-state index contributed by atoms with van der Waals surface area (Å²) in [7, 11) is 0. The lowest BCUT2D eigenvalue weighted by atomic mass is 10.3. The quantitative estimate of drug-likeness (QED) is 0.763. The molecule has 17 heavy (non-hydrogen) atoms. The zero-order chi connectivity index (χ0) is 12.5. The molecule has 1 aromatic rings. The lowest BCUT2D eigenvalue weighted by molar-refractivity contribution is -0.140. The number of rotatable bonds is 3. The number of nitrogens with zero attached hydrogens (tertiary/aromatic N) is 1. The molecule has 1 heterocycles. The molecular weight excluding hydrogens is 246 g/mol. The largest absolute Gasteiger partial charge is 0.480 e. The van der Waals surface area contributed by atoms with Gasteiger partial charge in [0.15, 0.2) is 0 Å². The number of nitrogens with one attached hydrogen (secondary N) is 2. The van der Waals surface area contributed by atoms with E-state index in [1.807, 2.05) is 0 Å². The van der Waals surface area contributed by atoms with Crippen LogP contribution in [0.4, 0.5) is 10.6 Å². The van der Waals surface area contributed by atoms with Gasteiger partial charge < -0.3 is 10.4 Å². The van der Waals surface area contributed by atoms with E-state index in [1.54, 1.807) is 6.07 Å². The van der Waals surface area contributed by atoms with Crippen molar-refractivity contribution < 1.29 is 14.7 Å². The predicted molar refractivity (Wildman–Crippen MR) is 61.0 cm³/mol. The minimum absolute atomic E-state index is 0.313. The van der Waals surface area contributed by atoms with E-state index >= 15 is 0 Å². The third-order valence-corrected chi connectivity index (χ3v) is 2.70. The third kappa shape index (κ3) is 2.65. The Morgan fingerprint density at radius 1 is 1.41 bits per heavy atom. The number of anilines is 1. The van der Waals surface area contributed by atoms with E-state index in [1.165, 1.54) is 12.3 Å². The molecule has 0 unspecified atom stereocenters. The van der Waals surface area contributed by atoms with Gasteiger partial charge in [-0.3, -0.25) is 5.32 Å². The Kier molecular flexibility index (Phi) is 2.89. The molecule has 2 rings (SSSR count). The fourth-order valence-electron chi connectivity index (χ4n) is 1.33. The molecule has 3 N–H and O–H groups in total. The lowest BCUT2D eigenvalue weighted by Crippen LogP contribution is -2.45. The highest BCUT2D eigenvalue weighted by atomic mass is 35.5.